The van der Waals surface area contributed by atoms with Gasteiger partial charge in [-0.2, -0.15) is 0 Å². The summed E-state index contributed by atoms with van der Waals surface area (Å²) in [6, 6.07) is 0. The molecular formula is C13H23NO. The van der Waals surface area contributed by atoms with E-state index >= 15 is 0 Å². The van der Waals surface area contributed by atoms with Crippen LogP contribution in [0.1, 0.15) is 59.8 Å². The second-order valence-corrected chi connectivity index (χ2v) is 6.42. The molecule has 2 rings (SSSR count). The maximum Gasteiger partial charge on any atom is 0.143 e. The number of nitrogens with zero attached hydrogens (tertiary/aromatic N) is 1. The van der Waals surface area contributed by atoms with Crippen molar-refractivity contribution in [3.8, 4) is 0 Å². The lowest BCUT2D eigenvalue weighted by atomic mass is 9.67. The molecular weight excluding hydrogens is 186 g/mol. The molecule has 15 heavy (non-hydrogen) atoms. The molecule has 0 radical (unpaired) electrons. The van der Waals surface area contributed by atoms with Crippen LogP contribution in [0.3, 0.4) is 0 Å². The van der Waals surface area contributed by atoms with Crippen molar-refractivity contribution in [1.29, 1.82) is 0 Å². The topological polar surface area (TPSA) is 21.6 Å². The lowest BCUT2D eigenvalue weighted by Crippen LogP contribution is -2.37. The molecule has 1 saturated carbocycles. The van der Waals surface area contributed by atoms with E-state index < -0.39 is 0 Å². The van der Waals surface area contributed by atoms with E-state index in [9.17, 15) is 0 Å². The van der Waals surface area contributed by atoms with Gasteiger partial charge >= 0.3 is 0 Å². The highest BCUT2D eigenvalue weighted by Gasteiger charge is 2.43. The monoisotopic (exact) mass is 209 g/mol. The summed E-state index contributed by atoms with van der Waals surface area (Å²) in [6.07, 6.45) is 6.04. The normalized spacial score (nSPS) is 36.5. The summed E-state index contributed by atoms with van der Waals surface area (Å²) in [5.74, 6) is 0.854. The van der Waals surface area contributed by atoms with Crippen LogP contribution in [0.5, 0.6) is 0 Å². The van der Waals surface area contributed by atoms with Crippen LogP contribution in [0, 0.1) is 11.3 Å². The fraction of sp³-hybridized carbons (Fsp3) is 0.923. The molecule has 1 fully saturated rings. The first-order valence-electron chi connectivity index (χ1n) is 6.13. The Kier molecular flexibility index (Phi) is 2.56. The largest absolute Gasteiger partial charge is 0.389 e. The van der Waals surface area contributed by atoms with E-state index in [1.807, 2.05) is 0 Å². The minimum atomic E-state index is 0.0891. The molecule has 0 atom stereocenters. The van der Waals surface area contributed by atoms with Crippen molar-refractivity contribution in [1.82, 2.24) is 0 Å². The Labute approximate surface area is 93.1 Å². The van der Waals surface area contributed by atoms with Crippen LogP contribution in [0.25, 0.3) is 0 Å². The van der Waals surface area contributed by atoms with E-state index in [2.05, 4.69) is 32.9 Å². The number of oxime groups is 1. The molecule has 0 aromatic heterocycles. The van der Waals surface area contributed by atoms with Crippen molar-refractivity contribution in [2.24, 2.45) is 16.5 Å². The number of rotatable bonds is 0. The molecule has 0 amide bonds. The van der Waals surface area contributed by atoms with Crippen molar-refractivity contribution in [2.45, 2.75) is 65.4 Å². The van der Waals surface area contributed by atoms with Gasteiger partial charge in [0, 0.05) is 6.42 Å². The fourth-order valence-corrected chi connectivity index (χ4v) is 2.98. The Bertz CT molecular complexity index is 267. The Morgan fingerprint density at radius 3 is 2.27 bits per heavy atom. The molecule has 2 aliphatic rings. The number of hydrogen-bond acceptors (Lipinski definition) is 2. The molecule has 1 spiro atoms. The van der Waals surface area contributed by atoms with E-state index in [1.54, 1.807) is 0 Å². The minimum absolute atomic E-state index is 0.0891. The highest BCUT2D eigenvalue weighted by Crippen LogP contribution is 2.45. The lowest BCUT2D eigenvalue weighted by molar-refractivity contribution is -0.0640. The predicted octanol–water partition coefficient (Wildman–Crippen LogP) is 3.76. The van der Waals surface area contributed by atoms with Crippen LogP contribution < -0.4 is 0 Å². The average Bonchev–Trinajstić information content (AvgIpc) is 2.47. The van der Waals surface area contributed by atoms with Crippen molar-refractivity contribution in [3.63, 3.8) is 0 Å². The molecule has 1 aliphatic carbocycles. The molecule has 0 unspecified atom stereocenters. The highest BCUT2D eigenvalue weighted by atomic mass is 16.7. The van der Waals surface area contributed by atoms with E-state index in [1.165, 1.54) is 31.4 Å². The molecule has 1 heterocycles. The summed E-state index contributed by atoms with van der Waals surface area (Å²) in [5.41, 5.74) is 1.71. The lowest BCUT2D eigenvalue weighted by Gasteiger charge is -2.40. The Hall–Kier alpha value is -0.530. The van der Waals surface area contributed by atoms with Gasteiger partial charge in [-0.3, -0.25) is 0 Å². The Morgan fingerprint density at radius 1 is 1.27 bits per heavy atom. The molecule has 2 nitrogen and oxygen atoms in total. The summed E-state index contributed by atoms with van der Waals surface area (Å²) < 4.78 is 0. The molecule has 0 N–H and O–H groups in total. The molecule has 2 heteroatoms. The van der Waals surface area contributed by atoms with E-state index in [0.29, 0.717) is 5.41 Å². The van der Waals surface area contributed by atoms with Gasteiger partial charge in [0.15, 0.2) is 0 Å². The molecule has 1 aliphatic heterocycles. The first-order valence-corrected chi connectivity index (χ1v) is 6.13. The number of hydrogen-bond donors (Lipinski definition) is 0. The van der Waals surface area contributed by atoms with Crippen LogP contribution in [-0.2, 0) is 4.84 Å². The van der Waals surface area contributed by atoms with Gasteiger partial charge in [-0.05, 0) is 43.9 Å². The zero-order valence-corrected chi connectivity index (χ0v) is 10.5. The van der Waals surface area contributed by atoms with Gasteiger partial charge in [0.1, 0.15) is 5.60 Å². The summed E-state index contributed by atoms with van der Waals surface area (Å²) in [5, 5.41) is 4.12. The van der Waals surface area contributed by atoms with Gasteiger partial charge in [0.05, 0.1) is 5.71 Å². The van der Waals surface area contributed by atoms with Crippen molar-refractivity contribution >= 4 is 5.71 Å². The maximum atomic E-state index is 5.64. The van der Waals surface area contributed by atoms with Gasteiger partial charge in [-0.1, -0.05) is 25.9 Å². The Morgan fingerprint density at radius 2 is 1.87 bits per heavy atom. The second kappa shape index (κ2) is 3.50. The van der Waals surface area contributed by atoms with Crippen molar-refractivity contribution < 1.29 is 4.84 Å². The van der Waals surface area contributed by atoms with Crippen LogP contribution in [0.15, 0.2) is 5.16 Å². The third-order valence-electron chi connectivity index (χ3n) is 4.09. The van der Waals surface area contributed by atoms with Gasteiger partial charge < -0.3 is 4.84 Å². The van der Waals surface area contributed by atoms with Crippen LogP contribution in [-0.4, -0.2) is 11.3 Å². The van der Waals surface area contributed by atoms with Crippen molar-refractivity contribution in [3.05, 3.63) is 0 Å². The Balaban J connectivity index is 1.93. The smallest absolute Gasteiger partial charge is 0.143 e. The maximum absolute atomic E-state index is 5.64. The van der Waals surface area contributed by atoms with E-state index in [-0.39, 0.29) is 5.60 Å². The highest BCUT2D eigenvalue weighted by molar-refractivity contribution is 5.83. The third kappa shape index (κ3) is 2.19. The van der Waals surface area contributed by atoms with Crippen LogP contribution in [0.2, 0.25) is 0 Å². The van der Waals surface area contributed by atoms with Gasteiger partial charge in [-0.15, -0.1) is 0 Å². The molecule has 86 valence electrons. The SMILES string of the molecule is CC1=NOC2(CCC(C(C)(C)C)CC2)C1. The summed E-state index contributed by atoms with van der Waals surface area (Å²) in [4.78, 5) is 5.64. The zero-order valence-electron chi connectivity index (χ0n) is 10.5. The summed E-state index contributed by atoms with van der Waals surface area (Å²) >= 11 is 0. The summed E-state index contributed by atoms with van der Waals surface area (Å²) in [6.45, 7) is 9.14. The van der Waals surface area contributed by atoms with Crippen molar-refractivity contribution in [2.75, 3.05) is 0 Å². The van der Waals surface area contributed by atoms with Crippen LogP contribution >= 0.6 is 0 Å². The quantitative estimate of drug-likeness (QED) is 0.595. The minimum Gasteiger partial charge on any atom is -0.389 e. The fourth-order valence-electron chi connectivity index (χ4n) is 2.98. The van der Waals surface area contributed by atoms with Gasteiger partial charge in [0.2, 0.25) is 0 Å². The standard InChI is InChI=1S/C13H23NO/c1-10-9-13(15-14-10)7-5-11(6-8-13)12(2,3)4/h11H,5-9H2,1-4H3. The van der Waals surface area contributed by atoms with Crippen LogP contribution in [0.4, 0.5) is 0 Å². The molecule has 0 aromatic carbocycles. The third-order valence-corrected chi connectivity index (χ3v) is 4.09. The molecule has 0 bridgehead atoms. The first kappa shape index (κ1) is 11.0. The van der Waals surface area contributed by atoms with E-state index in [4.69, 9.17) is 4.84 Å². The second-order valence-electron chi connectivity index (χ2n) is 6.42. The van der Waals surface area contributed by atoms with Gasteiger partial charge in [-0.25, -0.2) is 0 Å². The molecule has 0 aromatic rings. The van der Waals surface area contributed by atoms with E-state index in [0.717, 1.165) is 12.3 Å². The summed E-state index contributed by atoms with van der Waals surface area (Å²) in [7, 11) is 0. The predicted molar refractivity (Wildman–Crippen MR) is 63.0 cm³/mol. The van der Waals surface area contributed by atoms with Gasteiger partial charge in [0.25, 0.3) is 0 Å². The molecule has 0 saturated heterocycles. The zero-order chi connectivity index (χ0) is 11.1. The average molecular weight is 209 g/mol. The first-order chi connectivity index (χ1) is 6.91.